The first-order valence-electron chi connectivity index (χ1n) is 31.1. The summed E-state index contributed by atoms with van der Waals surface area (Å²) in [4.78, 5) is 10.7. The highest BCUT2D eigenvalue weighted by atomic mass is 14.9. The van der Waals surface area contributed by atoms with Gasteiger partial charge in [0.2, 0.25) is 0 Å². The molecule has 0 bridgehead atoms. The van der Waals surface area contributed by atoms with Gasteiger partial charge in [-0.1, -0.05) is 310 Å². The maximum atomic E-state index is 5.38. The zero-order chi connectivity index (χ0) is 56.0. The van der Waals surface area contributed by atoms with Gasteiger partial charge in [-0.05, 0) is 126 Å². The first-order valence-corrected chi connectivity index (χ1v) is 31.1. The van der Waals surface area contributed by atoms with Crippen LogP contribution in [0.4, 0.5) is 0 Å². The predicted molar refractivity (Wildman–Crippen MR) is 350 cm³/mol. The van der Waals surface area contributed by atoms with E-state index in [1.807, 2.05) is 38.2 Å². The predicted octanol–water partition coefficient (Wildman–Crippen LogP) is 24.9. The fraction of sp³-hybridized carbons (Fsp3) is 0.589. The summed E-state index contributed by atoms with van der Waals surface area (Å²) >= 11 is 0. The lowest BCUT2D eigenvalue weighted by atomic mass is 9.76. The molecule has 422 valence electrons. The van der Waals surface area contributed by atoms with Crippen molar-refractivity contribution in [1.82, 2.24) is 0 Å². The van der Waals surface area contributed by atoms with Crippen LogP contribution >= 0.6 is 0 Å². The Morgan fingerprint density at radius 2 is 1.04 bits per heavy atom. The Balaban J connectivity index is 0. The van der Waals surface area contributed by atoms with Crippen molar-refractivity contribution in [2.24, 2.45) is 27.7 Å². The molecule has 5 atom stereocenters. The monoisotopic (exact) mass is 1020 g/mol. The Bertz CT molecular complexity index is 2130. The van der Waals surface area contributed by atoms with Crippen LogP contribution in [0.2, 0.25) is 0 Å². The molecule has 75 heavy (non-hydrogen) atoms. The van der Waals surface area contributed by atoms with Crippen LogP contribution in [0.3, 0.4) is 0 Å². The summed E-state index contributed by atoms with van der Waals surface area (Å²) in [5, 5.41) is 0. The molecule has 2 heteroatoms. The van der Waals surface area contributed by atoms with Gasteiger partial charge in [-0.2, -0.15) is 0 Å². The van der Waals surface area contributed by atoms with Crippen molar-refractivity contribution in [3.8, 4) is 0 Å². The summed E-state index contributed by atoms with van der Waals surface area (Å²) in [5.41, 5.74) is 13.6. The number of unbranched alkanes of at least 4 members (excludes halogenated alkanes) is 9. The van der Waals surface area contributed by atoms with E-state index in [0.29, 0.717) is 11.8 Å². The van der Waals surface area contributed by atoms with Gasteiger partial charge in [-0.25, -0.2) is 4.99 Å². The highest BCUT2D eigenvalue weighted by Crippen LogP contribution is 2.40. The van der Waals surface area contributed by atoms with E-state index in [1.54, 1.807) is 0 Å². The van der Waals surface area contributed by atoms with Gasteiger partial charge >= 0.3 is 0 Å². The maximum Gasteiger partial charge on any atom is 0.156 e. The van der Waals surface area contributed by atoms with Crippen LogP contribution in [0.5, 0.6) is 0 Å². The number of nitrogens with zero attached hydrogens (tertiary/aromatic N) is 2. The van der Waals surface area contributed by atoms with Crippen LogP contribution in [0, 0.1) is 31.6 Å². The molecular formula is C73H120N2. The number of hydrogen-bond acceptors (Lipinski definition) is 1. The van der Waals surface area contributed by atoms with Gasteiger partial charge in [0.25, 0.3) is 0 Å². The molecule has 0 saturated carbocycles. The zero-order valence-corrected chi connectivity index (χ0v) is 51.6. The third-order valence-electron chi connectivity index (χ3n) is 16.1. The molecule has 0 fully saturated rings. The summed E-state index contributed by atoms with van der Waals surface area (Å²) in [7, 11) is 0. The third-order valence-corrected chi connectivity index (χ3v) is 16.1. The van der Waals surface area contributed by atoms with Crippen molar-refractivity contribution < 1.29 is 2.85 Å². The number of rotatable bonds is 32. The Labute approximate surface area is 469 Å². The first-order chi connectivity index (χ1) is 36.4. The molecule has 0 spiro atoms. The molecule has 0 radical (unpaired) electrons. The minimum Gasteiger partial charge on any atom is -0.258 e. The average Bonchev–Trinajstić information content (AvgIpc) is 3.44. The quantitative estimate of drug-likeness (QED) is 0.0338. The molecule has 0 aliphatic heterocycles. The minimum atomic E-state index is -0.157. The summed E-state index contributed by atoms with van der Waals surface area (Å²) in [5.74, 6) is 4.06. The maximum absolute atomic E-state index is 5.38. The number of fused-ring (bicyclic) bond motifs is 1. The Morgan fingerprint density at radius 1 is 0.573 bits per heavy atom. The van der Waals surface area contributed by atoms with Gasteiger partial charge in [0, 0.05) is 14.1 Å². The van der Waals surface area contributed by atoms with Crippen molar-refractivity contribution in [1.29, 1.82) is 0 Å². The largest absolute Gasteiger partial charge is 0.258 e. The molecule has 4 rings (SSSR count). The van der Waals surface area contributed by atoms with Crippen LogP contribution in [0.15, 0.2) is 90.9 Å². The molecule has 0 aromatic heterocycles. The molecule has 3 aromatic rings. The number of hydrogen-bond donors (Lipinski definition) is 0. The Hall–Kier alpha value is -4.30. The molecule has 0 N–H and O–H groups in total. The average molecular weight is 1030 g/mol. The van der Waals surface area contributed by atoms with E-state index in [1.165, 1.54) is 164 Å². The van der Waals surface area contributed by atoms with E-state index >= 15 is 0 Å². The molecule has 0 amide bonds. The summed E-state index contributed by atoms with van der Waals surface area (Å²) < 4.78 is 0. The van der Waals surface area contributed by atoms with E-state index < -0.39 is 0 Å². The molecular weight excluding hydrogens is 905 g/mol. The van der Waals surface area contributed by atoms with E-state index in [-0.39, 0.29) is 8.90 Å². The topological polar surface area (TPSA) is 24.7 Å². The molecule has 2 nitrogen and oxygen atoms in total. The standard InChI is InChI=1S/C45H54N2.2C13H28.C2H6.2H2/c1-11-17-20-34(12-2)29-37-25-27-41(43-22-19-18-21-42(37)43)33(10)47-45(44-28-24-36(14-4)31(8)39(44)16-6)46-32(9)40-26-23-35(13-3)30(7)38(40)15-5;2*1-4-7-9-10-12-13(6-3)11-8-5-2;1-2;;/h13-16,18-19,21-24,26-28,32,34,37H,3-6,11-12,17,20,25,29H2,1-2,7-10H3;2*13H,4-12H2,1-3H3;1-2H3;2*1H. The van der Waals surface area contributed by atoms with E-state index in [9.17, 15) is 0 Å². The molecule has 1 aliphatic rings. The van der Waals surface area contributed by atoms with E-state index in [2.05, 4.69) is 164 Å². The third kappa shape index (κ3) is 23.9. The Kier molecular flexibility index (Phi) is 38.3. The number of aliphatic imine (C=N–C) groups is 2. The van der Waals surface area contributed by atoms with Crippen LogP contribution in [0.25, 0.3) is 29.9 Å². The highest BCUT2D eigenvalue weighted by Gasteiger charge is 2.26. The molecule has 1 aliphatic carbocycles. The second-order valence-electron chi connectivity index (χ2n) is 21.5. The SMILES string of the molecule is C=Cc1ccc(C(N=C(C)C2=CCC(CC(CC)CCCC)c3ccccc32)=NC(C)c2ccc(C=C)c(C)c2C=C)c(C=C)c1C.CC.CCCCCCC(CC)CCCC.CCCCCCC(CC)CCCC.[HH].[HH]. The second kappa shape index (κ2) is 41.8. The lowest BCUT2D eigenvalue weighted by molar-refractivity contribution is 0.384. The second-order valence-corrected chi connectivity index (χ2v) is 21.5. The molecule has 5 unspecified atom stereocenters. The summed E-state index contributed by atoms with van der Waals surface area (Å²) in [6.07, 6.45) is 43.2. The number of allylic oxidation sites excluding steroid dienone is 2. The van der Waals surface area contributed by atoms with Crippen molar-refractivity contribution in [2.75, 3.05) is 0 Å². The zero-order valence-electron chi connectivity index (χ0n) is 51.6. The van der Waals surface area contributed by atoms with Gasteiger partial charge in [-0.15, -0.1) is 0 Å². The Morgan fingerprint density at radius 3 is 1.52 bits per heavy atom. The lowest BCUT2D eigenvalue weighted by Gasteiger charge is -2.29. The summed E-state index contributed by atoms with van der Waals surface area (Å²) in [6, 6.07) is 17.3. The number of amidine groups is 1. The van der Waals surface area contributed by atoms with Gasteiger partial charge in [-0.3, -0.25) is 4.99 Å². The number of benzene rings is 3. The van der Waals surface area contributed by atoms with E-state index in [0.717, 1.165) is 74.4 Å². The van der Waals surface area contributed by atoms with Crippen LogP contribution in [-0.2, 0) is 0 Å². The van der Waals surface area contributed by atoms with Crippen LogP contribution in [-0.4, -0.2) is 11.5 Å². The van der Waals surface area contributed by atoms with Crippen LogP contribution < -0.4 is 0 Å². The van der Waals surface area contributed by atoms with Crippen LogP contribution in [0.1, 0.15) is 308 Å². The smallest absolute Gasteiger partial charge is 0.156 e. The van der Waals surface area contributed by atoms with Gasteiger partial charge in [0.15, 0.2) is 5.84 Å². The first kappa shape index (κ1) is 68.7. The van der Waals surface area contributed by atoms with Crippen molar-refractivity contribution in [2.45, 2.75) is 263 Å². The highest BCUT2D eigenvalue weighted by molar-refractivity contribution is 6.27. The van der Waals surface area contributed by atoms with Gasteiger partial charge in [0.1, 0.15) is 0 Å². The normalized spacial score (nSPS) is 14.7. The van der Waals surface area contributed by atoms with Crippen molar-refractivity contribution in [3.63, 3.8) is 0 Å². The molecule has 0 saturated heterocycles. The summed E-state index contributed by atoms with van der Waals surface area (Å²) in [6.45, 7) is 47.4. The fourth-order valence-corrected chi connectivity index (χ4v) is 11.0. The molecule has 3 aromatic carbocycles. The molecule has 0 heterocycles. The van der Waals surface area contributed by atoms with Crippen molar-refractivity contribution in [3.05, 3.63) is 137 Å². The fourth-order valence-electron chi connectivity index (χ4n) is 11.0. The van der Waals surface area contributed by atoms with Crippen molar-refractivity contribution >= 4 is 41.4 Å². The minimum absolute atomic E-state index is 0. The van der Waals surface area contributed by atoms with E-state index in [4.69, 9.17) is 9.98 Å². The van der Waals surface area contributed by atoms with Gasteiger partial charge < -0.3 is 0 Å². The lowest BCUT2D eigenvalue weighted by Crippen LogP contribution is -2.15. The van der Waals surface area contributed by atoms with Gasteiger partial charge in [0.05, 0.1) is 6.04 Å².